The summed E-state index contributed by atoms with van der Waals surface area (Å²) < 4.78 is 0. The summed E-state index contributed by atoms with van der Waals surface area (Å²) in [5.41, 5.74) is 2.79. The fourth-order valence-corrected chi connectivity index (χ4v) is 3.26. The largest absolute Gasteiger partial charge is 0.0880 e. The van der Waals surface area contributed by atoms with E-state index >= 15 is 0 Å². The van der Waals surface area contributed by atoms with Gasteiger partial charge in [0.1, 0.15) is 0 Å². The summed E-state index contributed by atoms with van der Waals surface area (Å²) in [6.45, 7) is 0. The number of benzene rings is 1. The zero-order valence-corrected chi connectivity index (χ0v) is 12.3. The van der Waals surface area contributed by atoms with Crippen LogP contribution in [0.2, 0.25) is 5.02 Å². The van der Waals surface area contributed by atoms with Gasteiger partial charge in [-0.2, -0.15) is 0 Å². The third-order valence-corrected chi connectivity index (χ3v) is 4.41. The molecule has 0 aromatic heterocycles. The molecule has 0 nitrogen and oxygen atoms in total. The van der Waals surface area contributed by atoms with Gasteiger partial charge in [0.15, 0.2) is 0 Å². The van der Waals surface area contributed by atoms with Crippen molar-refractivity contribution in [1.29, 1.82) is 0 Å². The Balaban J connectivity index is 2.13. The molecule has 2 heteroatoms. The summed E-state index contributed by atoms with van der Waals surface area (Å²) in [5.74, 6) is 0.777. The highest BCUT2D eigenvalue weighted by Gasteiger charge is 2.16. The van der Waals surface area contributed by atoms with Crippen LogP contribution in [-0.2, 0) is 0 Å². The molecule has 92 valence electrons. The first-order valence-corrected chi connectivity index (χ1v) is 7.81. The van der Waals surface area contributed by atoms with Gasteiger partial charge in [0.2, 0.25) is 0 Å². The van der Waals surface area contributed by atoms with E-state index in [1.807, 2.05) is 12.1 Å². The summed E-state index contributed by atoms with van der Waals surface area (Å²) in [4.78, 5) is 0. The summed E-state index contributed by atoms with van der Waals surface area (Å²) >= 11 is 9.53. The maximum Gasteiger partial charge on any atom is 0.0406 e. The molecule has 2 rings (SSSR count). The van der Waals surface area contributed by atoms with Gasteiger partial charge in [0, 0.05) is 10.4 Å². The van der Waals surface area contributed by atoms with Crippen molar-refractivity contribution in [2.24, 2.45) is 5.92 Å². The average Bonchev–Trinajstić information content (AvgIpc) is 2.39. The molecule has 1 aromatic carbocycles. The van der Waals surface area contributed by atoms with Crippen LogP contribution in [0.5, 0.6) is 0 Å². The molecule has 0 unspecified atom stereocenters. The van der Waals surface area contributed by atoms with Gasteiger partial charge >= 0.3 is 0 Å². The number of hydrogen-bond donors (Lipinski definition) is 0. The monoisotopic (exact) mass is 312 g/mol. The SMILES string of the molecule is Clc1ccc(C=C(CBr)C2CCCCC2)cc1. The molecule has 0 radical (unpaired) electrons. The predicted molar refractivity (Wildman–Crippen MR) is 79.8 cm³/mol. The first-order chi connectivity index (χ1) is 8.29. The zero-order chi connectivity index (χ0) is 12.1. The first-order valence-electron chi connectivity index (χ1n) is 6.31. The molecule has 0 heterocycles. The van der Waals surface area contributed by atoms with Gasteiger partial charge in [-0.25, -0.2) is 0 Å². The molecule has 0 spiro atoms. The third kappa shape index (κ3) is 3.86. The van der Waals surface area contributed by atoms with Crippen LogP contribution in [0.25, 0.3) is 6.08 Å². The predicted octanol–water partition coefficient (Wildman–Crippen LogP) is 5.70. The topological polar surface area (TPSA) is 0 Å². The van der Waals surface area contributed by atoms with Crippen LogP contribution >= 0.6 is 27.5 Å². The summed E-state index contributed by atoms with van der Waals surface area (Å²) in [5, 5.41) is 1.79. The minimum Gasteiger partial charge on any atom is -0.0880 e. The van der Waals surface area contributed by atoms with E-state index in [-0.39, 0.29) is 0 Å². The first kappa shape index (κ1) is 13.2. The zero-order valence-electron chi connectivity index (χ0n) is 9.96. The molecule has 0 amide bonds. The van der Waals surface area contributed by atoms with E-state index in [0.29, 0.717) is 0 Å². The van der Waals surface area contributed by atoms with Gasteiger partial charge in [-0.05, 0) is 36.5 Å². The lowest BCUT2D eigenvalue weighted by Crippen LogP contribution is -2.10. The molecular weight excluding hydrogens is 296 g/mol. The second-order valence-corrected chi connectivity index (χ2v) is 5.74. The normalized spacial score (nSPS) is 18.4. The molecule has 1 aliphatic rings. The fraction of sp³-hybridized carbons (Fsp3) is 0.467. The Labute approximate surface area is 117 Å². The van der Waals surface area contributed by atoms with Crippen molar-refractivity contribution >= 4 is 33.6 Å². The molecule has 1 saturated carbocycles. The van der Waals surface area contributed by atoms with Crippen molar-refractivity contribution in [2.75, 3.05) is 5.33 Å². The van der Waals surface area contributed by atoms with E-state index in [1.54, 1.807) is 0 Å². The molecule has 0 bridgehead atoms. The molecule has 0 atom stereocenters. The molecule has 0 saturated heterocycles. The Morgan fingerprint density at radius 2 is 1.82 bits per heavy atom. The highest BCUT2D eigenvalue weighted by Crippen LogP contribution is 2.31. The van der Waals surface area contributed by atoms with Gasteiger partial charge in [-0.3, -0.25) is 0 Å². The molecule has 17 heavy (non-hydrogen) atoms. The Morgan fingerprint density at radius 3 is 2.41 bits per heavy atom. The van der Waals surface area contributed by atoms with Crippen LogP contribution in [0.3, 0.4) is 0 Å². The second-order valence-electron chi connectivity index (χ2n) is 4.74. The van der Waals surface area contributed by atoms with Crippen LogP contribution in [0.4, 0.5) is 0 Å². The number of hydrogen-bond acceptors (Lipinski definition) is 0. The van der Waals surface area contributed by atoms with Crippen molar-refractivity contribution < 1.29 is 0 Å². The summed E-state index contributed by atoms with van der Waals surface area (Å²) in [7, 11) is 0. The molecule has 1 fully saturated rings. The van der Waals surface area contributed by atoms with Gasteiger partial charge in [-0.15, -0.1) is 0 Å². The van der Waals surface area contributed by atoms with Gasteiger partial charge in [0.05, 0.1) is 0 Å². The average molecular weight is 314 g/mol. The number of alkyl halides is 1. The number of rotatable bonds is 3. The van der Waals surface area contributed by atoms with Crippen LogP contribution in [-0.4, -0.2) is 5.33 Å². The highest BCUT2D eigenvalue weighted by atomic mass is 79.9. The van der Waals surface area contributed by atoms with Crippen molar-refractivity contribution in [2.45, 2.75) is 32.1 Å². The van der Waals surface area contributed by atoms with Gasteiger partial charge in [-0.1, -0.05) is 70.6 Å². The standard InChI is InChI=1S/C15H18BrCl/c16-11-14(13-4-2-1-3-5-13)10-12-6-8-15(17)9-7-12/h6-10,13H,1-5,11H2. The molecule has 0 N–H and O–H groups in total. The fourth-order valence-electron chi connectivity index (χ4n) is 2.51. The summed E-state index contributed by atoms with van der Waals surface area (Å²) in [6.07, 6.45) is 9.20. The van der Waals surface area contributed by atoms with E-state index in [9.17, 15) is 0 Å². The minimum absolute atomic E-state index is 0.777. The lowest BCUT2D eigenvalue weighted by molar-refractivity contribution is 0.405. The molecular formula is C15H18BrCl. The Hall–Kier alpha value is -0.270. The van der Waals surface area contributed by atoms with Gasteiger partial charge < -0.3 is 0 Å². The lowest BCUT2D eigenvalue weighted by Gasteiger charge is -2.23. The Kier molecular flexibility index (Phi) is 5.12. The second kappa shape index (κ2) is 6.61. The maximum atomic E-state index is 5.90. The van der Waals surface area contributed by atoms with E-state index in [1.165, 1.54) is 43.2 Å². The van der Waals surface area contributed by atoms with Crippen LogP contribution < -0.4 is 0 Å². The van der Waals surface area contributed by atoms with Crippen molar-refractivity contribution in [3.8, 4) is 0 Å². The quantitative estimate of drug-likeness (QED) is 0.628. The molecule has 1 aromatic rings. The highest BCUT2D eigenvalue weighted by molar-refractivity contribution is 9.09. The van der Waals surface area contributed by atoms with Crippen molar-refractivity contribution in [3.63, 3.8) is 0 Å². The Bertz CT molecular complexity index is 374. The third-order valence-electron chi connectivity index (χ3n) is 3.51. The van der Waals surface area contributed by atoms with Crippen LogP contribution in [0.15, 0.2) is 29.8 Å². The maximum absolute atomic E-state index is 5.90. The van der Waals surface area contributed by atoms with E-state index in [4.69, 9.17) is 11.6 Å². The van der Waals surface area contributed by atoms with Crippen molar-refractivity contribution in [1.82, 2.24) is 0 Å². The minimum atomic E-state index is 0.777. The molecule has 1 aliphatic carbocycles. The van der Waals surface area contributed by atoms with Crippen LogP contribution in [0.1, 0.15) is 37.7 Å². The smallest absolute Gasteiger partial charge is 0.0406 e. The van der Waals surface area contributed by atoms with Crippen LogP contribution in [0, 0.1) is 5.92 Å². The number of halogens is 2. The van der Waals surface area contributed by atoms with Crippen molar-refractivity contribution in [3.05, 3.63) is 40.4 Å². The van der Waals surface area contributed by atoms with E-state index in [2.05, 4.69) is 34.1 Å². The number of allylic oxidation sites excluding steroid dienone is 1. The van der Waals surface area contributed by atoms with Gasteiger partial charge in [0.25, 0.3) is 0 Å². The summed E-state index contributed by atoms with van der Waals surface area (Å²) in [6, 6.07) is 8.10. The lowest BCUT2D eigenvalue weighted by atomic mass is 9.84. The van der Waals surface area contributed by atoms with E-state index < -0.39 is 0 Å². The van der Waals surface area contributed by atoms with E-state index in [0.717, 1.165) is 16.3 Å². The molecule has 0 aliphatic heterocycles. The Morgan fingerprint density at radius 1 is 1.18 bits per heavy atom.